The van der Waals surface area contributed by atoms with Gasteiger partial charge in [0.1, 0.15) is 0 Å². The molecule has 0 unspecified atom stereocenters. The molecule has 1 fully saturated rings. The monoisotopic (exact) mass is 402 g/mol. The Morgan fingerprint density at radius 2 is 1.80 bits per heavy atom. The van der Waals surface area contributed by atoms with Crippen LogP contribution in [-0.2, 0) is 11.3 Å². The lowest BCUT2D eigenvalue weighted by atomic mass is 9.75. The lowest BCUT2D eigenvalue weighted by molar-refractivity contribution is -0.0732. The zero-order valence-corrected chi connectivity index (χ0v) is 15.5. The molecule has 0 amide bonds. The van der Waals surface area contributed by atoms with Crippen LogP contribution in [0.5, 0.6) is 0 Å². The molecule has 112 valence electrons. The number of alkyl halides is 1. The van der Waals surface area contributed by atoms with Crippen LogP contribution in [0, 0.1) is 11.8 Å². The fourth-order valence-corrected chi connectivity index (χ4v) is 3.95. The molecule has 3 heteroatoms. The first-order valence-electron chi connectivity index (χ1n) is 7.49. The van der Waals surface area contributed by atoms with Crippen molar-refractivity contribution < 1.29 is 4.74 Å². The van der Waals surface area contributed by atoms with Crippen LogP contribution < -0.4 is 0 Å². The van der Waals surface area contributed by atoms with Crippen molar-refractivity contribution in [2.24, 2.45) is 11.8 Å². The average molecular weight is 404 g/mol. The van der Waals surface area contributed by atoms with Crippen molar-refractivity contribution in [2.45, 2.75) is 51.7 Å². The maximum Gasteiger partial charge on any atom is 0.0783 e. The highest BCUT2D eigenvalue weighted by atomic mass is 79.9. The molecule has 0 spiro atoms. The first-order valence-corrected chi connectivity index (χ1v) is 9.40. The number of hydrogen-bond acceptors (Lipinski definition) is 1. The van der Waals surface area contributed by atoms with Gasteiger partial charge in [0.25, 0.3) is 0 Å². The third kappa shape index (κ3) is 4.32. The maximum absolute atomic E-state index is 6.31. The zero-order valence-electron chi connectivity index (χ0n) is 12.4. The second-order valence-corrected chi connectivity index (χ2v) is 7.79. The van der Waals surface area contributed by atoms with Gasteiger partial charge in [-0.3, -0.25) is 0 Å². The van der Waals surface area contributed by atoms with Crippen LogP contribution in [0.3, 0.4) is 0 Å². The van der Waals surface area contributed by atoms with E-state index in [-0.39, 0.29) is 5.60 Å². The summed E-state index contributed by atoms with van der Waals surface area (Å²) in [4.78, 5) is 0. The van der Waals surface area contributed by atoms with E-state index in [0.29, 0.717) is 6.61 Å². The van der Waals surface area contributed by atoms with Crippen molar-refractivity contribution in [1.29, 1.82) is 0 Å². The van der Waals surface area contributed by atoms with E-state index in [4.69, 9.17) is 4.74 Å². The molecule has 0 saturated heterocycles. The maximum atomic E-state index is 6.31. The second kappa shape index (κ2) is 7.42. The molecule has 0 bridgehead atoms. The minimum absolute atomic E-state index is 0.0401. The van der Waals surface area contributed by atoms with Crippen molar-refractivity contribution in [1.82, 2.24) is 0 Å². The summed E-state index contributed by atoms with van der Waals surface area (Å²) in [6.45, 7) is 5.40. The summed E-state index contributed by atoms with van der Waals surface area (Å²) in [6.07, 6.45) is 4.95. The Bertz CT molecular complexity index is 406. The molecule has 0 aromatic heterocycles. The van der Waals surface area contributed by atoms with Crippen molar-refractivity contribution in [3.63, 3.8) is 0 Å². The summed E-state index contributed by atoms with van der Waals surface area (Å²) in [6, 6.07) is 8.42. The fourth-order valence-electron chi connectivity index (χ4n) is 2.97. The van der Waals surface area contributed by atoms with Crippen LogP contribution in [0.1, 0.15) is 45.1 Å². The molecule has 1 saturated carbocycles. The number of halogens is 2. The van der Waals surface area contributed by atoms with Crippen molar-refractivity contribution >= 4 is 31.9 Å². The quantitative estimate of drug-likeness (QED) is 0.552. The number of rotatable bonds is 5. The Labute approximate surface area is 139 Å². The van der Waals surface area contributed by atoms with Crippen LogP contribution >= 0.6 is 31.9 Å². The first-order chi connectivity index (χ1) is 9.54. The molecule has 0 radical (unpaired) electrons. The van der Waals surface area contributed by atoms with Crippen molar-refractivity contribution in [3.8, 4) is 0 Å². The topological polar surface area (TPSA) is 9.23 Å². The molecular formula is C17H24Br2O. The van der Waals surface area contributed by atoms with E-state index in [1.165, 1.54) is 31.2 Å². The Morgan fingerprint density at radius 3 is 2.30 bits per heavy atom. The SMILES string of the molecule is CC(C)C1CCC(CBr)(OCc2ccc(Br)cc2)CC1. The summed E-state index contributed by atoms with van der Waals surface area (Å²) in [5, 5.41) is 0.946. The molecular weight excluding hydrogens is 380 g/mol. The van der Waals surface area contributed by atoms with Gasteiger partial charge in [-0.2, -0.15) is 0 Å². The molecule has 1 aromatic carbocycles. The van der Waals surface area contributed by atoms with Gasteiger partial charge in [-0.25, -0.2) is 0 Å². The van der Waals surface area contributed by atoms with Gasteiger partial charge in [-0.1, -0.05) is 57.8 Å². The van der Waals surface area contributed by atoms with E-state index in [2.05, 4.69) is 70.0 Å². The summed E-state index contributed by atoms with van der Waals surface area (Å²) in [5.41, 5.74) is 1.29. The van der Waals surface area contributed by atoms with Crippen LogP contribution in [0.15, 0.2) is 28.7 Å². The van der Waals surface area contributed by atoms with Crippen molar-refractivity contribution in [3.05, 3.63) is 34.3 Å². The molecule has 0 atom stereocenters. The lowest BCUT2D eigenvalue weighted by Gasteiger charge is -2.40. The Balaban J connectivity index is 1.91. The largest absolute Gasteiger partial charge is 0.369 e. The van der Waals surface area contributed by atoms with Gasteiger partial charge in [0, 0.05) is 9.80 Å². The highest BCUT2D eigenvalue weighted by Crippen LogP contribution is 2.39. The second-order valence-electron chi connectivity index (χ2n) is 6.31. The molecule has 1 nitrogen and oxygen atoms in total. The number of benzene rings is 1. The third-order valence-electron chi connectivity index (χ3n) is 4.59. The van der Waals surface area contributed by atoms with Crippen LogP contribution in [0.25, 0.3) is 0 Å². The summed E-state index contributed by atoms with van der Waals surface area (Å²) >= 11 is 7.15. The predicted molar refractivity (Wildman–Crippen MR) is 92.3 cm³/mol. The Morgan fingerprint density at radius 1 is 1.20 bits per heavy atom. The van der Waals surface area contributed by atoms with Gasteiger partial charge in [0.05, 0.1) is 12.2 Å². The Kier molecular flexibility index (Phi) is 6.12. The summed E-state index contributed by atoms with van der Waals surface area (Å²) < 4.78 is 7.43. The number of ether oxygens (including phenoxy) is 1. The Hall–Kier alpha value is 0.140. The minimum Gasteiger partial charge on any atom is -0.369 e. The standard InChI is InChI=1S/C17H24Br2O/c1-13(2)15-7-9-17(12-18,10-8-15)20-11-14-3-5-16(19)6-4-14/h3-6,13,15H,7-12H2,1-2H3. The van der Waals surface area contributed by atoms with E-state index in [0.717, 1.165) is 21.6 Å². The molecule has 0 N–H and O–H groups in total. The van der Waals surface area contributed by atoms with Crippen LogP contribution in [-0.4, -0.2) is 10.9 Å². The number of hydrogen-bond donors (Lipinski definition) is 0. The molecule has 2 rings (SSSR count). The molecule has 1 aliphatic rings. The fraction of sp³-hybridized carbons (Fsp3) is 0.647. The van der Waals surface area contributed by atoms with Gasteiger partial charge in [-0.05, 0) is 55.2 Å². The highest BCUT2D eigenvalue weighted by Gasteiger charge is 2.36. The highest BCUT2D eigenvalue weighted by molar-refractivity contribution is 9.10. The van der Waals surface area contributed by atoms with Crippen LogP contribution in [0.2, 0.25) is 0 Å². The van der Waals surface area contributed by atoms with Gasteiger partial charge >= 0.3 is 0 Å². The molecule has 1 aliphatic carbocycles. The zero-order chi connectivity index (χ0) is 14.6. The van der Waals surface area contributed by atoms with Gasteiger partial charge in [-0.15, -0.1) is 0 Å². The third-order valence-corrected chi connectivity index (χ3v) is 6.14. The van der Waals surface area contributed by atoms with Gasteiger partial charge in [0.15, 0.2) is 0 Å². The molecule has 0 aliphatic heterocycles. The molecule has 20 heavy (non-hydrogen) atoms. The minimum atomic E-state index is 0.0401. The van der Waals surface area contributed by atoms with Crippen molar-refractivity contribution in [2.75, 3.05) is 5.33 Å². The summed E-state index contributed by atoms with van der Waals surface area (Å²) in [5.74, 6) is 1.67. The predicted octanol–water partition coefficient (Wildman–Crippen LogP) is 5.95. The molecule has 1 aromatic rings. The van der Waals surface area contributed by atoms with E-state index < -0.39 is 0 Å². The van der Waals surface area contributed by atoms with Gasteiger partial charge < -0.3 is 4.74 Å². The first kappa shape index (κ1) is 16.5. The normalized spacial score (nSPS) is 26.9. The molecule has 0 heterocycles. The lowest BCUT2D eigenvalue weighted by Crippen LogP contribution is -2.39. The van der Waals surface area contributed by atoms with E-state index >= 15 is 0 Å². The van der Waals surface area contributed by atoms with Crippen LogP contribution in [0.4, 0.5) is 0 Å². The summed E-state index contributed by atoms with van der Waals surface area (Å²) in [7, 11) is 0. The smallest absolute Gasteiger partial charge is 0.0783 e. The average Bonchev–Trinajstić information content (AvgIpc) is 2.47. The van der Waals surface area contributed by atoms with E-state index in [1.54, 1.807) is 0 Å². The van der Waals surface area contributed by atoms with E-state index in [9.17, 15) is 0 Å². The van der Waals surface area contributed by atoms with E-state index in [1.807, 2.05) is 0 Å². The van der Waals surface area contributed by atoms with Gasteiger partial charge in [0.2, 0.25) is 0 Å².